The Hall–Kier alpha value is -1.84. The van der Waals surface area contributed by atoms with Crippen molar-refractivity contribution in [1.82, 2.24) is 20.4 Å². The lowest BCUT2D eigenvalue weighted by atomic mass is 10.1. The van der Waals surface area contributed by atoms with Crippen LogP contribution in [0.25, 0.3) is 0 Å². The number of hydrogen-bond acceptors (Lipinski definition) is 4. The summed E-state index contributed by atoms with van der Waals surface area (Å²) in [6, 6.07) is 7.73. The molecule has 1 saturated heterocycles. The van der Waals surface area contributed by atoms with Crippen molar-refractivity contribution >= 4 is 5.96 Å². The van der Waals surface area contributed by atoms with Gasteiger partial charge in [-0.05, 0) is 24.6 Å². The van der Waals surface area contributed by atoms with E-state index < -0.39 is 12.8 Å². The largest absolute Gasteiger partial charge is 0.411 e. The molecule has 0 bridgehead atoms. The Bertz CT molecular complexity index is 643. The predicted octanol–water partition coefficient (Wildman–Crippen LogP) is 2.46. The van der Waals surface area contributed by atoms with E-state index in [4.69, 9.17) is 0 Å². The van der Waals surface area contributed by atoms with Gasteiger partial charge in [-0.3, -0.25) is 9.89 Å². The summed E-state index contributed by atoms with van der Waals surface area (Å²) in [5, 5.41) is 6.65. The zero-order valence-electron chi connectivity index (χ0n) is 18.1. The van der Waals surface area contributed by atoms with Crippen molar-refractivity contribution in [2.45, 2.75) is 39.2 Å². The lowest BCUT2D eigenvalue weighted by Crippen LogP contribution is -2.53. The van der Waals surface area contributed by atoms with Crippen LogP contribution in [-0.4, -0.2) is 80.9 Å². The fourth-order valence-electron chi connectivity index (χ4n) is 3.34. The molecule has 0 amide bonds. The highest BCUT2D eigenvalue weighted by molar-refractivity contribution is 5.79. The number of piperazine rings is 1. The van der Waals surface area contributed by atoms with Crippen LogP contribution in [0.15, 0.2) is 29.3 Å². The molecule has 0 aromatic heterocycles. The van der Waals surface area contributed by atoms with Crippen LogP contribution < -0.4 is 10.6 Å². The number of halogens is 3. The van der Waals surface area contributed by atoms with Gasteiger partial charge in [0.25, 0.3) is 0 Å². The highest BCUT2D eigenvalue weighted by Gasteiger charge is 2.27. The number of nitrogens with one attached hydrogen (secondary N) is 2. The van der Waals surface area contributed by atoms with Gasteiger partial charge in [0.05, 0.1) is 6.61 Å². The molecule has 1 fully saturated rings. The lowest BCUT2D eigenvalue weighted by Gasteiger charge is -2.37. The van der Waals surface area contributed by atoms with Crippen LogP contribution in [0.4, 0.5) is 13.2 Å². The maximum atomic E-state index is 12.1. The Balaban J connectivity index is 1.69. The second kappa shape index (κ2) is 12.1. The van der Waals surface area contributed by atoms with Gasteiger partial charge in [0, 0.05) is 52.4 Å². The first-order valence-electron chi connectivity index (χ1n) is 10.4. The molecular formula is C21H34F3N5O. The minimum Gasteiger partial charge on any atom is -0.367 e. The number of guanidine groups is 1. The summed E-state index contributed by atoms with van der Waals surface area (Å²) >= 11 is 0. The van der Waals surface area contributed by atoms with Gasteiger partial charge in [0.1, 0.15) is 6.61 Å². The van der Waals surface area contributed by atoms with Crippen LogP contribution in [0.2, 0.25) is 0 Å². The van der Waals surface area contributed by atoms with Gasteiger partial charge in [-0.25, -0.2) is 0 Å². The fourth-order valence-corrected chi connectivity index (χ4v) is 3.34. The molecule has 1 aliphatic rings. The van der Waals surface area contributed by atoms with Crippen LogP contribution >= 0.6 is 0 Å². The molecule has 2 N–H and O–H groups in total. The van der Waals surface area contributed by atoms with Gasteiger partial charge in [-0.2, -0.15) is 13.2 Å². The van der Waals surface area contributed by atoms with Crippen molar-refractivity contribution in [2.75, 3.05) is 52.9 Å². The van der Waals surface area contributed by atoms with Crippen molar-refractivity contribution in [3.63, 3.8) is 0 Å². The third kappa shape index (κ3) is 8.89. The van der Waals surface area contributed by atoms with E-state index >= 15 is 0 Å². The van der Waals surface area contributed by atoms with Crippen molar-refractivity contribution in [3.05, 3.63) is 35.4 Å². The van der Waals surface area contributed by atoms with Gasteiger partial charge in [0.15, 0.2) is 5.96 Å². The van der Waals surface area contributed by atoms with Crippen LogP contribution in [0, 0.1) is 0 Å². The molecule has 0 saturated carbocycles. The molecular weight excluding hydrogens is 395 g/mol. The predicted molar refractivity (Wildman–Crippen MR) is 114 cm³/mol. The number of rotatable bonds is 9. The molecule has 1 heterocycles. The molecule has 1 aromatic carbocycles. The summed E-state index contributed by atoms with van der Waals surface area (Å²) in [6.45, 7) is 10.0. The molecule has 1 aliphatic heterocycles. The number of aliphatic imine (C=N–C) groups is 1. The summed E-state index contributed by atoms with van der Waals surface area (Å²) in [7, 11) is 1.74. The molecule has 2 rings (SSSR count). The Morgan fingerprint density at radius 3 is 2.30 bits per heavy atom. The highest BCUT2D eigenvalue weighted by atomic mass is 19.4. The second-order valence-electron chi connectivity index (χ2n) is 7.55. The molecule has 9 heteroatoms. The van der Waals surface area contributed by atoms with E-state index in [2.05, 4.69) is 44.0 Å². The average Bonchev–Trinajstić information content (AvgIpc) is 2.74. The number of likely N-dealkylation sites (N-methyl/N-ethyl adjacent to an activating group) is 1. The van der Waals surface area contributed by atoms with Crippen molar-refractivity contribution in [2.24, 2.45) is 4.99 Å². The number of nitrogens with zero attached hydrogens (tertiary/aromatic N) is 3. The topological polar surface area (TPSA) is 52.1 Å². The number of benzene rings is 1. The zero-order chi connectivity index (χ0) is 22.0. The normalized spacial score (nSPS) is 17.7. The molecule has 1 aromatic rings. The van der Waals surface area contributed by atoms with Crippen LogP contribution in [-0.2, 0) is 17.9 Å². The van der Waals surface area contributed by atoms with E-state index in [1.54, 1.807) is 19.2 Å². The Morgan fingerprint density at radius 2 is 1.73 bits per heavy atom. The van der Waals surface area contributed by atoms with Gasteiger partial charge in [0.2, 0.25) is 0 Å². The standard InChI is InChI=1S/C21H34F3N5O/c1-4-28-9-11-29(12-10-28)17(2)13-26-20(25-3)27-14-18-5-7-19(8-6-18)15-30-16-21(22,23)24/h5-8,17H,4,9-16H2,1-3H3,(H2,25,26,27). The summed E-state index contributed by atoms with van der Waals surface area (Å²) in [5.74, 6) is 0.728. The molecule has 0 radical (unpaired) electrons. The highest BCUT2D eigenvalue weighted by Crippen LogP contribution is 2.15. The molecule has 1 atom stereocenters. The summed E-state index contributed by atoms with van der Waals surface area (Å²) in [6.07, 6.45) is -4.30. The zero-order valence-corrected chi connectivity index (χ0v) is 18.1. The van der Waals surface area contributed by atoms with Crippen molar-refractivity contribution in [3.8, 4) is 0 Å². The first-order valence-corrected chi connectivity index (χ1v) is 10.4. The summed E-state index contributed by atoms with van der Waals surface area (Å²) < 4.78 is 41.1. The third-order valence-electron chi connectivity index (χ3n) is 5.28. The minimum absolute atomic E-state index is 0.0547. The Labute approximate surface area is 177 Å². The van der Waals surface area contributed by atoms with Crippen LogP contribution in [0.5, 0.6) is 0 Å². The van der Waals surface area contributed by atoms with Crippen molar-refractivity contribution in [1.29, 1.82) is 0 Å². The second-order valence-corrected chi connectivity index (χ2v) is 7.55. The van der Waals surface area contributed by atoms with E-state index in [9.17, 15) is 13.2 Å². The first-order chi connectivity index (χ1) is 14.3. The lowest BCUT2D eigenvalue weighted by molar-refractivity contribution is -0.176. The number of hydrogen-bond donors (Lipinski definition) is 2. The number of alkyl halides is 3. The monoisotopic (exact) mass is 429 g/mol. The van der Waals surface area contributed by atoms with Crippen molar-refractivity contribution < 1.29 is 17.9 Å². The molecule has 0 spiro atoms. The molecule has 170 valence electrons. The Kier molecular flexibility index (Phi) is 9.87. The van der Waals surface area contributed by atoms with E-state index in [0.29, 0.717) is 18.2 Å². The van der Waals surface area contributed by atoms with E-state index in [1.807, 2.05) is 12.1 Å². The van der Waals surface area contributed by atoms with Gasteiger partial charge >= 0.3 is 6.18 Å². The average molecular weight is 430 g/mol. The minimum atomic E-state index is -4.30. The maximum Gasteiger partial charge on any atom is 0.411 e. The molecule has 0 aliphatic carbocycles. The maximum absolute atomic E-state index is 12.1. The quantitative estimate of drug-likeness (QED) is 0.467. The summed E-state index contributed by atoms with van der Waals surface area (Å²) in [5.41, 5.74) is 1.73. The first kappa shape index (κ1) is 24.4. The summed E-state index contributed by atoms with van der Waals surface area (Å²) in [4.78, 5) is 9.22. The van der Waals surface area contributed by atoms with E-state index in [0.717, 1.165) is 50.8 Å². The SMILES string of the molecule is CCN1CCN(C(C)CNC(=NC)NCc2ccc(COCC(F)(F)F)cc2)CC1. The third-order valence-corrected chi connectivity index (χ3v) is 5.28. The van der Waals surface area contributed by atoms with Crippen LogP contribution in [0.3, 0.4) is 0 Å². The Morgan fingerprint density at radius 1 is 1.10 bits per heavy atom. The van der Waals surface area contributed by atoms with Gasteiger partial charge in [-0.15, -0.1) is 0 Å². The van der Waals surface area contributed by atoms with Crippen LogP contribution in [0.1, 0.15) is 25.0 Å². The fraction of sp³-hybridized carbons (Fsp3) is 0.667. The number of ether oxygens (including phenoxy) is 1. The molecule has 30 heavy (non-hydrogen) atoms. The van der Waals surface area contributed by atoms with Gasteiger partial charge < -0.3 is 20.3 Å². The smallest absolute Gasteiger partial charge is 0.367 e. The van der Waals surface area contributed by atoms with Gasteiger partial charge in [-0.1, -0.05) is 31.2 Å². The van der Waals surface area contributed by atoms with E-state index in [1.165, 1.54) is 0 Å². The molecule has 1 unspecified atom stereocenters. The molecule has 6 nitrogen and oxygen atoms in total. The van der Waals surface area contributed by atoms with E-state index in [-0.39, 0.29) is 6.61 Å².